The van der Waals surface area contributed by atoms with Crippen LogP contribution in [0.1, 0.15) is 5.56 Å². The predicted molar refractivity (Wildman–Crippen MR) is 83.3 cm³/mol. The van der Waals surface area contributed by atoms with Crippen LogP contribution in [0.2, 0.25) is 5.02 Å². The van der Waals surface area contributed by atoms with Crippen molar-refractivity contribution >= 4 is 34.3 Å². The van der Waals surface area contributed by atoms with E-state index in [1.807, 2.05) is 6.07 Å². The first kappa shape index (κ1) is 14.1. The fourth-order valence-electron chi connectivity index (χ4n) is 1.94. The van der Waals surface area contributed by atoms with Gasteiger partial charge in [-0.15, -0.1) is 0 Å². The molecule has 3 nitrogen and oxygen atoms in total. The minimum atomic E-state index is -0.363. The van der Waals surface area contributed by atoms with Gasteiger partial charge >= 0.3 is 0 Å². The van der Waals surface area contributed by atoms with Crippen LogP contribution in [-0.4, -0.2) is 9.97 Å². The summed E-state index contributed by atoms with van der Waals surface area (Å²) in [5, 5.41) is 1.34. The number of thioether (sulfide) groups is 1. The van der Waals surface area contributed by atoms with Crippen LogP contribution in [0.4, 0.5) is 4.39 Å². The molecule has 0 saturated carbocycles. The highest BCUT2D eigenvalue weighted by molar-refractivity contribution is 7.98. The molecule has 2 aromatic carbocycles. The monoisotopic (exact) mass is 320 g/mol. The third kappa shape index (κ3) is 2.94. The van der Waals surface area contributed by atoms with Gasteiger partial charge in [-0.1, -0.05) is 41.6 Å². The summed E-state index contributed by atoms with van der Waals surface area (Å²) in [7, 11) is 0. The van der Waals surface area contributed by atoms with Crippen molar-refractivity contribution in [1.29, 1.82) is 0 Å². The molecule has 0 aliphatic carbocycles. The molecule has 6 heteroatoms. The molecule has 3 rings (SSSR count). The Hall–Kier alpha value is -1.85. The van der Waals surface area contributed by atoms with Gasteiger partial charge in [0.05, 0.1) is 10.9 Å². The third-order valence-electron chi connectivity index (χ3n) is 3.01. The minimum absolute atomic E-state index is 0.206. The Bertz CT molecular complexity index is 845. The van der Waals surface area contributed by atoms with Crippen molar-refractivity contribution in [3.05, 3.63) is 69.2 Å². The highest BCUT2D eigenvalue weighted by Crippen LogP contribution is 2.26. The van der Waals surface area contributed by atoms with Crippen LogP contribution < -0.4 is 5.56 Å². The maximum atomic E-state index is 13.7. The normalized spacial score (nSPS) is 11.0. The summed E-state index contributed by atoms with van der Waals surface area (Å²) < 4.78 is 13.7. The molecule has 0 saturated heterocycles. The maximum Gasteiger partial charge on any atom is 0.259 e. The molecule has 0 amide bonds. The van der Waals surface area contributed by atoms with Gasteiger partial charge in [-0.05, 0) is 24.3 Å². The number of hydrogen-bond donors (Lipinski definition) is 1. The highest BCUT2D eigenvalue weighted by Gasteiger charge is 2.09. The largest absolute Gasteiger partial charge is 0.301 e. The van der Waals surface area contributed by atoms with Gasteiger partial charge < -0.3 is 4.98 Å². The van der Waals surface area contributed by atoms with Gasteiger partial charge in [-0.25, -0.2) is 9.37 Å². The van der Waals surface area contributed by atoms with Gasteiger partial charge in [-0.2, -0.15) is 0 Å². The van der Waals surface area contributed by atoms with Crippen LogP contribution in [0, 0.1) is 5.82 Å². The summed E-state index contributed by atoms with van der Waals surface area (Å²) >= 11 is 7.22. The number of aromatic nitrogens is 2. The Balaban J connectivity index is 1.91. The minimum Gasteiger partial charge on any atom is -0.301 e. The van der Waals surface area contributed by atoms with Crippen molar-refractivity contribution in [2.24, 2.45) is 0 Å². The Kier molecular flexibility index (Phi) is 3.94. The van der Waals surface area contributed by atoms with E-state index < -0.39 is 0 Å². The highest BCUT2D eigenvalue weighted by atomic mass is 35.5. The van der Waals surface area contributed by atoms with Gasteiger partial charge in [0, 0.05) is 16.3 Å². The zero-order valence-corrected chi connectivity index (χ0v) is 12.3. The first-order valence-corrected chi connectivity index (χ1v) is 7.56. The van der Waals surface area contributed by atoms with Crippen molar-refractivity contribution in [2.45, 2.75) is 10.9 Å². The number of H-pyrrole nitrogens is 1. The number of para-hydroxylation sites is 1. The average Bonchev–Trinajstić information content (AvgIpc) is 2.47. The Morgan fingerprint density at radius 1 is 1.19 bits per heavy atom. The molecule has 0 radical (unpaired) electrons. The van der Waals surface area contributed by atoms with E-state index in [0.29, 0.717) is 32.4 Å². The van der Waals surface area contributed by atoms with Crippen LogP contribution in [0.5, 0.6) is 0 Å². The van der Waals surface area contributed by atoms with Crippen molar-refractivity contribution < 1.29 is 4.39 Å². The summed E-state index contributed by atoms with van der Waals surface area (Å²) in [6.45, 7) is 0. The quantitative estimate of drug-likeness (QED) is 0.586. The Morgan fingerprint density at radius 3 is 2.81 bits per heavy atom. The maximum absolute atomic E-state index is 13.7. The summed E-state index contributed by atoms with van der Waals surface area (Å²) in [5.41, 5.74) is 0.811. The van der Waals surface area contributed by atoms with E-state index in [9.17, 15) is 9.18 Å². The molecule has 0 fully saturated rings. The van der Waals surface area contributed by atoms with Crippen LogP contribution >= 0.6 is 23.4 Å². The van der Waals surface area contributed by atoms with E-state index in [4.69, 9.17) is 11.6 Å². The lowest BCUT2D eigenvalue weighted by molar-refractivity contribution is 0.617. The zero-order chi connectivity index (χ0) is 14.8. The van der Waals surface area contributed by atoms with Crippen LogP contribution in [-0.2, 0) is 5.75 Å². The number of nitrogens with zero attached hydrogens (tertiary/aromatic N) is 1. The van der Waals surface area contributed by atoms with E-state index in [1.165, 1.54) is 17.8 Å². The van der Waals surface area contributed by atoms with Crippen molar-refractivity contribution in [1.82, 2.24) is 9.97 Å². The van der Waals surface area contributed by atoms with E-state index in [1.54, 1.807) is 30.3 Å². The molecule has 0 bridgehead atoms. The fraction of sp³-hybridized carbons (Fsp3) is 0.0667. The fourth-order valence-corrected chi connectivity index (χ4v) is 3.16. The van der Waals surface area contributed by atoms with Gasteiger partial charge in [0.2, 0.25) is 0 Å². The molecule has 0 unspecified atom stereocenters. The number of fused-ring (bicyclic) bond motifs is 1. The summed E-state index contributed by atoms with van der Waals surface area (Å²) in [4.78, 5) is 19.0. The molecule has 1 N–H and O–H groups in total. The van der Waals surface area contributed by atoms with Crippen LogP contribution in [0.25, 0.3) is 10.9 Å². The molecule has 106 valence electrons. The number of nitrogens with one attached hydrogen (secondary N) is 1. The van der Waals surface area contributed by atoms with E-state index in [2.05, 4.69) is 9.97 Å². The number of rotatable bonds is 3. The van der Waals surface area contributed by atoms with Gasteiger partial charge in [0.1, 0.15) is 5.82 Å². The molecule has 0 spiro atoms. The van der Waals surface area contributed by atoms with E-state index in [0.717, 1.165) is 0 Å². The lowest BCUT2D eigenvalue weighted by Crippen LogP contribution is -2.09. The molecule has 0 aliphatic rings. The predicted octanol–water partition coefficient (Wildman–Crippen LogP) is 4.01. The zero-order valence-electron chi connectivity index (χ0n) is 10.8. The van der Waals surface area contributed by atoms with Crippen molar-refractivity contribution in [2.75, 3.05) is 0 Å². The van der Waals surface area contributed by atoms with Crippen LogP contribution in [0.15, 0.2) is 52.4 Å². The standard InChI is InChI=1S/C15H10ClFN2OS/c16-11-5-3-6-12(17)10(11)8-21-15-18-13-7-2-1-4-9(13)14(20)19-15/h1-7H,8H2,(H,18,19,20). The molecule has 1 heterocycles. The van der Waals surface area contributed by atoms with Gasteiger partial charge in [0.25, 0.3) is 5.56 Å². The average molecular weight is 321 g/mol. The van der Waals surface area contributed by atoms with Crippen molar-refractivity contribution in [3.8, 4) is 0 Å². The topological polar surface area (TPSA) is 45.8 Å². The molecule has 3 aromatic rings. The lowest BCUT2D eigenvalue weighted by atomic mass is 10.2. The molecule has 21 heavy (non-hydrogen) atoms. The summed E-state index contributed by atoms with van der Waals surface area (Å²) in [6, 6.07) is 11.6. The number of halogens is 2. The molecule has 0 aliphatic heterocycles. The second-order valence-corrected chi connectivity index (χ2v) is 5.75. The second kappa shape index (κ2) is 5.87. The number of benzene rings is 2. The number of aromatic amines is 1. The van der Waals surface area contributed by atoms with Gasteiger partial charge in [-0.3, -0.25) is 4.79 Å². The van der Waals surface area contributed by atoms with E-state index in [-0.39, 0.29) is 11.4 Å². The lowest BCUT2D eigenvalue weighted by Gasteiger charge is -2.06. The second-order valence-electron chi connectivity index (χ2n) is 4.38. The Morgan fingerprint density at radius 2 is 2.00 bits per heavy atom. The van der Waals surface area contributed by atoms with Crippen molar-refractivity contribution in [3.63, 3.8) is 0 Å². The first-order valence-electron chi connectivity index (χ1n) is 6.20. The molecule has 1 aromatic heterocycles. The molecular weight excluding hydrogens is 311 g/mol. The molecular formula is C15H10ClFN2OS. The van der Waals surface area contributed by atoms with Gasteiger partial charge in [0.15, 0.2) is 5.16 Å². The smallest absolute Gasteiger partial charge is 0.259 e. The summed E-state index contributed by atoms with van der Waals surface area (Å²) in [5.74, 6) is -0.0644. The molecule has 0 atom stereocenters. The van der Waals surface area contributed by atoms with E-state index >= 15 is 0 Å². The summed E-state index contributed by atoms with van der Waals surface area (Å²) in [6.07, 6.45) is 0. The Labute approximate surface area is 129 Å². The third-order valence-corrected chi connectivity index (χ3v) is 4.26. The SMILES string of the molecule is O=c1[nH]c(SCc2c(F)cccc2Cl)nc2ccccc12. The first-order chi connectivity index (χ1) is 10.1. The van der Waals surface area contributed by atoms with Crippen LogP contribution in [0.3, 0.4) is 0 Å². The number of hydrogen-bond acceptors (Lipinski definition) is 3.